The van der Waals surface area contributed by atoms with E-state index in [0.717, 1.165) is 36.4 Å². The molecule has 8 heteroatoms. The van der Waals surface area contributed by atoms with E-state index in [1.807, 2.05) is 18.2 Å². The molecule has 6 nitrogen and oxygen atoms in total. The van der Waals surface area contributed by atoms with Crippen LogP contribution in [-0.4, -0.2) is 17.4 Å². The van der Waals surface area contributed by atoms with Gasteiger partial charge in [0.15, 0.2) is 0 Å². The zero-order chi connectivity index (χ0) is 14.8. The molecule has 0 fully saturated rings. The van der Waals surface area contributed by atoms with Crippen LogP contribution in [0.25, 0.3) is 0 Å². The minimum Gasteiger partial charge on any atom is -0.385 e. The van der Waals surface area contributed by atoms with Gasteiger partial charge in [-0.05, 0) is 36.6 Å². The average molecular weight is 340 g/mol. The summed E-state index contributed by atoms with van der Waals surface area (Å²) in [7, 11) is 0. The predicted molar refractivity (Wildman–Crippen MR) is 89.4 cm³/mol. The van der Waals surface area contributed by atoms with E-state index in [4.69, 9.17) is 0 Å². The van der Waals surface area contributed by atoms with Crippen molar-refractivity contribution in [1.29, 1.82) is 0 Å². The van der Waals surface area contributed by atoms with Crippen molar-refractivity contribution in [3.8, 4) is 0 Å². The standard InChI is InChI=1S/C14H13N3O3S.ClH/c18-14(10-7-13(17(19)20)21-8-10)16-11-3-4-12-9(6-11)2-1-5-15-12;/h3-4,6-8,15H,1-2,5H2,(H,16,18);1H. The van der Waals surface area contributed by atoms with Gasteiger partial charge in [0.1, 0.15) is 0 Å². The first-order chi connectivity index (χ1) is 10.1. The summed E-state index contributed by atoms with van der Waals surface area (Å²) in [6.45, 7) is 0.970. The van der Waals surface area contributed by atoms with Gasteiger partial charge in [0.2, 0.25) is 0 Å². The van der Waals surface area contributed by atoms with Crippen molar-refractivity contribution in [2.75, 3.05) is 17.2 Å². The molecule has 0 spiro atoms. The second-order valence-corrected chi connectivity index (χ2v) is 5.68. The number of nitrogens with zero attached hydrogens (tertiary/aromatic N) is 1. The summed E-state index contributed by atoms with van der Waals surface area (Å²) in [4.78, 5) is 22.2. The molecule has 3 rings (SSSR count). The predicted octanol–water partition coefficient (Wildman–Crippen LogP) is 3.69. The smallest absolute Gasteiger partial charge is 0.324 e. The zero-order valence-electron chi connectivity index (χ0n) is 11.5. The molecule has 0 unspecified atom stereocenters. The third-order valence-electron chi connectivity index (χ3n) is 3.33. The van der Waals surface area contributed by atoms with Crippen molar-refractivity contribution < 1.29 is 9.72 Å². The monoisotopic (exact) mass is 339 g/mol. The van der Waals surface area contributed by atoms with Gasteiger partial charge in [0.25, 0.3) is 5.91 Å². The lowest BCUT2D eigenvalue weighted by Gasteiger charge is -2.18. The summed E-state index contributed by atoms with van der Waals surface area (Å²) < 4.78 is 0. The Morgan fingerprint density at radius 2 is 2.18 bits per heavy atom. The van der Waals surface area contributed by atoms with Gasteiger partial charge >= 0.3 is 5.00 Å². The second-order valence-electron chi connectivity index (χ2n) is 4.79. The van der Waals surface area contributed by atoms with Crippen LogP contribution in [0.15, 0.2) is 29.6 Å². The van der Waals surface area contributed by atoms with E-state index in [2.05, 4.69) is 10.6 Å². The highest BCUT2D eigenvalue weighted by atomic mass is 35.5. The number of nitro groups is 1. The second kappa shape index (κ2) is 6.76. The van der Waals surface area contributed by atoms with E-state index in [1.165, 1.54) is 17.0 Å². The molecule has 1 aliphatic rings. The molecule has 1 aromatic carbocycles. The lowest BCUT2D eigenvalue weighted by molar-refractivity contribution is -0.380. The number of benzene rings is 1. The molecule has 1 amide bonds. The molecule has 2 heterocycles. The largest absolute Gasteiger partial charge is 0.385 e. The maximum absolute atomic E-state index is 12.1. The van der Waals surface area contributed by atoms with E-state index in [1.54, 1.807) is 0 Å². The summed E-state index contributed by atoms with van der Waals surface area (Å²) in [6.07, 6.45) is 2.05. The van der Waals surface area contributed by atoms with Crippen molar-refractivity contribution in [2.24, 2.45) is 0 Å². The normalized spacial score (nSPS) is 12.5. The number of fused-ring (bicyclic) bond motifs is 1. The van der Waals surface area contributed by atoms with Gasteiger partial charge in [-0.15, -0.1) is 12.4 Å². The van der Waals surface area contributed by atoms with Crippen LogP contribution in [0.2, 0.25) is 0 Å². The molecule has 1 aliphatic heterocycles. The third-order valence-corrected chi connectivity index (χ3v) is 4.21. The molecule has 0 radical (unpaired) electrons. The van der Waals surface area contributed by atoms with Crippen molar-refractivity contribution in [2.45, 2.75) is 12.8 Å². The Morgan fingerprint density at radius 1 is 1.36 bits per heavy atom. The minimum atomic E-state index is -0.494. The summed E-state index contributed by atoms with van der Waals surface area (Å²) in [6, 6.07) is 7.01. The van der Waals surface area contributed by atoms with Crippen LogP contribution in [0.5, 0.6) is 0 Å². The summed E-state index contributed by atoms with van der Waals surface area (Å²) in [5.41, 5.74) is 3.29. The molecule has 2 N–H and O–H groups in total. The minimum absolute atomic E-state index is 0. The Labute approximate surface area is 137 Å². The van der Waals surface area contributed by atoms with Crippen LogP contribution in [0.4, 0.5) is 16.4 Å². The van der Waals surface area contributed by atoms with Gasteiger partial charge in [-0.3, -0.25) is 14.9 Å². The fraction of sp³-hybridized carbons (Fsp3) is 0.214. The highest BCUT2D eigenvalue weighted by Gasteiger charge is 2.16. The number of rotatable bonds is 3. The number of nitrogens with one attached hydrogen (secondary N) is 2. The average Bonchev–Trinajstić information content (AvgIpc) is 2.97. The number of amides is 1. The summed E-state index contributed by atoms with van der Waals surface area (Å²) >= 11 is 0.949. The number of thiophene rings is 1. The first-order valence-electron chi connectivity index (χ1n) is 6.54. The van der Waals surface area contributed by atoms with Crippen LogP contribution in [-0.2, 0) is 6.42 Å². The molecule has 0 aliphatic carbocycles. The third kappa shape index (κ3) is 3.37. The van der Waals surface area contributed by atoms with Gasteiger partial charge in [-0.2, -0.15) is 0 Å². The van der Waals surface area contributed by atoms with Gasteiger partial charge in [0, 0.05) is 29.4 Å². The molecular weight excluding hydrogens is 326 g/mol. The lowest BCUT2D eigenvalue weighted by atomic mass is 10.0. The van der Waals surface area contributed by atoms with Gasteiger partial charge in [-0.25, -0.2) is 0 Å². The molecule has 0 bridgehead atoms. The fourth-order valence-electron chi connectivity index (χ4n) is 2.30. The van der Waals surface area contributed by atoms with Crippen LogP contribution in [0.3, 0.4) is 0 Å². The van der Waals surface area contributed by atoms with Crippen LogP contribution >= 0.6 is 23.7 Å². The number of carbonyl (C=O) groups excluding carboxylic acids is 1. The van der Waals surface area contributed by atoms with Crippen LogP contribution < -0.4 is 10.6 Å². The number of aryl methyl sites for hydroxylation is 1. The van der Waals surface area contributed by atoms with Crippen molar-refractivity contribution in [1.82, 2.24) is 0 Å². The van der Waals surface area contributed by atoms with E-state index < -0.39 is 4.92 Å². The number of halogens is 1. The lowest BCUT2D eigenvalue weighted by Crippen LogP contribution is -2.14. The molecule has 0 atom stereocenters. The van der Waals surface area contributed by atoms with Crippen molar-refractivity contribution >= 4 is 46.0 Å². The Kier molecular flexibility index (Phi) is 4.99. The SMILES string of the molecule is Cl.O=C(Nc1ccc2c(c1)CCCN2)c1csc([N+](=O)[O-])c1. The molecule has 1 aromatic heterocycles. The van der Waals surface area contributed by atoms with Gasteiger partial charge in [0.05, 0.1) is 10.5 Å². The number of anilines is 2. The maximum atomic E-state index is 12.1. The Bertz CT molecular complexity index is 717. The number of hydrogen-bond acceptors (Lipinski definition) is 5. The molecule has 0 saturated carbocycles. The van der Waals surface area contributed by atoms with Crippen molar-refractivity contribution in [3.63, 3.8) is 0 Å². The molecule has 22 heavy (non-hydrogen) atoms. The molecule has 116 valence electrons. The molecule has 0 saturated heterocycles. The highest BCUT2D eigenvalue weighted by Crippen LogP contribution is 2.26. The fourth-order valence-corrected chi connectivity index (χ4v) is 3.00. The Hall–Kier alpha value is -2.12. The van der Waals surface area contributed by atoms with Crippen LogP contribution in [0.1, 0.15) is 22.3 Å². The van der Waals surface area contributed by atoms with E-state index in [-0.39, 0.29) is 23.3 Å². The van der Waals surface area contributed by atoms with Gasteiger partial charge < -0.3 is 10.6 Å². The topological polar surface area (TPSA) is 84.3 Å². The van der Waals surface area contributed by atoms with E-state index in [9.17, 15) is 14.9 Å². The quantitative estimate of drug-likeness (QED) is 0.659. The number of hydrogen-bond donors (Lipinski definition) is 2. The zero-order valence-corrected chi connectivity index (χ0v) is 13.1. The summed E-state index contributed by atoms with van der Waals surface area (Å²) in [5, 5.41) is 18.2. The molecular formula is C14H14ClN3O3S. The highest BCUT2D eigenvalue weighted by molar-refractivity contribution is 7.13. The first kappa shape index (κ1) is 16.3. The first-order valence-corrected chi connectivity index (χ1v) is 7.42. The van der Waals surface area contributed by atoms with E-state index in [0.29, 0.717) is 11.3 Å². The number of carbonyl (C=O) groups is 1. The van der Waals surface area contributed by atoms with E-state index >= 15 is 0 Å². The van der Waals surface area contributed by atoms with Crippen LogP contribution in [0, 0.1) is 10.1 Å². The van der Waals surface area contributed by atoms with Crippen molar-refractivity contribution in [3.05, 3.63) is 50.9 Å². The Morgan fingerprint density at radius 3 is 2.91 bits per heavy atom. The summed E-state index contributed by atoms with van der Waals surface area (Å²) in [5.74, 6) is -0.330. The Balaban J connectivity index is 0.00000176. The maximum Gasteiger partial charge on any atom is 0.324 e. The molecule has 2 aromatic rings. The van der Waals surface area contributed by atoms with Gasteiger partial charge in [-0.1, -0.05) is 11.3 Å².